The van der Waals surface area contributed by atoms with E-state index in [2.05, 4.69) is 31.3 Å². The number of carbonyl (C=O) groups is 2. The number of tetrazole rings is 1. The van der Waals surface area contributed by atoms with E-state index in [4.69, 9.17) is 6.11 Å². The van der Waals surface area contributed by atoms with Crippen molar-refractivity contribution >= 4 is 11.9 Å². The Hall–Kier alpha value is -2.03. The molecule has 1 aliphatic carbocycles. The molecule has 0 radical (unpaired) electrons. The summed E-state index contributed by atoms with van der Waals surface area (Å²) in [6.45, 7) is 3.46. The van der Waals surface area contributed by atoms with Gasteiger partial charge in [0.1, 0.15) is 6.02 Å². The zero-order chi connectivity index (χ0) is 21.4. The van der Waals surface area contributed by atoms with Crippen molar-refractivity contribution in [2.45, 2.75) is 70.7 Å². The Morgan fingerprint density at radius 2 is 2.17 bits per heavy atom. The van der Waals surface area contributed by atoms with Gasteiger partial charge in [-0.15, -0.1) is 10.2 Å². The fourth-order valence-corrected chi connectivity index (χ4v) is 4.50. The van der Waals surface area contributed by atoms with Crippen molar-refractivity contribution in [1.29, 1.82) is 0 Å². The highest BCUT2D eigenvalue weighted by Gasteiger charge is 2.38. The van der Waals surface area contributed by atoms with Gasteiger partial charge in [0.2, 0.25) is 5.91 Å². The molecule has 1 aromatic rings. The van der Waals surface area contributed by atoms with Crippen LogP contribution in [0.5, 0.6) is 0 Å². The van der Waals surface area contributed by atoms with Crippen LogP contribution in [0.1, 0.15) is 65.5 Å². The first-order valence-corrected chi connectivity index (χ1v) is 10.9. The molecule has 29 heavy (non-hydrogen) atoms. The predicted octanol–water partition coefficient (Wildman–Crippen LogP) is 1.38. The average molecular weight is 408 g/mol. The van der Waals surface area contributed by atoms with Gasteiger partial charge in [0.15, 0.2) is 5.82 Å². The lowest BCUT2D eigenvalue weighted by atomic mass is 9.69. The number of unbranched alkanes of at least 4 members (excludes halogenated alkanes) is 1. The zero-order valence-corrected chi connectivity index (χ0v) is 17.3. The summed E-state index contributed by atoms with van der Waals surface area (Å²) in [6, 6.07) is -1.36. The van der Waals surface area contributed by atoms with Gasteiger partial charge < -0.3 is 15.4 Å². The van der Waals surface area contributed by atoms with Gasteiger partial charge in [-0.05, 0) is 69.7 Å². The number of ether oxygens (including phenoxy) is 1. The minimum Gasteiger partial charge on any atom is -0.465 e. The van der Waals surface area contributed by atoms with E-state index in [1.165, 1.54) is 6.42 Å². The smallest absolute Gasteiger partial charge is 0.323 e. The molecule has 2 aliphatic rings. The second-order valence-corrected chi connectivity index (χ2v) is 8.18. The zero-order valence-electron chi connectivity index (χ0n) is 18.3. The van der Waals surface area contributed by atoms with Crippen LogP contribution in [0.4, 0.5) is 0 Å². The van der Waals surface area contributed by atoms with Crippen LogP contribution in [0.25, 0.3) is 0 Å². The fourth-order valence-electron chi connectivity index (χ4n) is 4.50. The van der Waals surface area contributed by atoms with Crippen LogP contribution in [0.2, 0.25) is 0 Å². The summed E-state index contributed by atoms with van der Waals surface area (Å²) in [5.41, 5.74) is 0. The van der Waals surface area contributed by atoms with Crippen LogP contribution < -0.4 is 10.6 Å². The number of amides is 1. The Morgan fingerprint density at radius 1 is 1.28 bits per heavy atom. The quantitative estimate of drug-likeness (QED) is 0.395. The van der Waals surface area contributed by atoms with E-state index in [-0.39, 0.29) is 12.5 Å². The third kappa shape index (κ3) is 6.76. The van der Waals surface area contributed by atoms with E-state index < -0.39 is 12.0 Å². The van der Waals surface area contributed by atoms with Crippen LogP contribution in [0.15, 0.2) is 0 Å². The number of aromatic nitrogens is 4. The molecule has 9 nitrogen and oxygen atoms in total. The van der Waals surface area contributed by atoms with Crippen molar-refractivity contribution in [2.75, 3.05) is 19.7 Å². The van der Waals surface area contributed by atoms with E-state index >= 15 is 0 Å². The van der Waals surface area contributed by atoms with Crippen LogP contribution in [-0.2, 0) is 20.7 Å². The molecule has 3 N–H and O–H groups in total. The molecule has 0 bridgehead atoms. The van der Waals surface area contributed by atoms with Crippen molar-refractivity contribution in [2.24, 2.45) is 17.8 Å². The molecule has 0 unspecified atom stereocenters. The van der Waals surface area contributed by atoms with E-state index in [1.54, 1.807) is 0 Å². The molecule has 1 aliphatic heterocycles. The van der Waals surface area contributed by atoms with Crippen LogP contribution in [0, 0.1) is 17.8 Å². The standard InChI is InChI=1S/C20H34N6O3/c1-2-21-19(27)5-3-4-10-29-20(28)17-12-16-11-14(6-8-15(16)13-22-17)7-9-18-23-25-26-24-18/h14-17,22H,2-13H2,1H3,(H,21,27)(H,23,24,25,26)/t14-,15+,16-,17+/m1/s1/i17D. The van der Waals surface area contributed by atoms with Gasteiger partial charge >= 0.3 is 5.97 Å². The molecule has 1 aromatic heterocycles. The van der Waals surface area contributed by atoms with Crippen molar-refractivity contribution in [3.8, 4) is 0 Å². The SMILES string of the molecule is [2H][C@@]1(C(=O)OCCCCC(=O)NCC)C[C@H]2C[C@@H](CCc3nn[nH]n3)CC[C@H]2CN1. The highest BCUT2D eigenvalue weighted by molar-refractivity contribution is 5.76. The van der Waals surface area contributed by atoms with E-state index in [0.29, 0.717) is 56.5 Å². The first-order chi connectivity index (χ1) is 14.5. The third-order valence-electron chi connectivity index (χ3n) is 6.11. The molecule has 1 saturated heterocycles. The lowest BCUT2D eigenvalue weighted by Gasteiger charge is -2.42. The predicted molar refractivity (Wildman–Crippen MR) is 107 cm³/mol. The molecule has 1 saturated carbocycles. The largest absolute Gasteiger partial charge is 0.465 e. The average Bonchev–Trinajstić information content (AvgIpc) is 3.25. The summed E-state index contributed by atoms with van der Waals surface area (Å²) in [6.07, 6.45) is 7.37. The van der Waals surface area contributed by atoms with Gasteiger partial charge in [-0.2, -0.15) is 5.21 Å². The summed E-state index contributed by atoms with van der Waals surface area (Å²) in [4.78, 5) is 24.0. The second-order valence-electron chi connectivity index (χ2n) is 8.18. The number of fused-ring (bicyclic) bond motifs is 1. The van der Waals surface area contributed by atoms with Crippen LogP contribution in [-0.4, -0.2) is 58.2 Å². The lowest BCUT2D eigenvalue weighted by Crippen LogP contribution is -2.50. The number of aryl methyl sites for hydroxylation is 1. The van der Waals surface area contributed by atoms with Gasteiger partial charge in [0, 0.05) is 19.4 Å². The van der Waals surface area contributed by atoms with Crippen molar-refractivity contribution in [3.05, 3.63) is 5.82 Å². The molecule has 1 amide bonds. The summed E-state index contributed by atoms with van der Waals surface area (Å²) < 4.78 is 14.0. The monoisotopic (exact) mass is 407 g/mol. The maximum absolute atomic E-state index is 12.6. The highest BCUT2D eigenvalue weighted by Crippen LogP contribution is 2.40. The first kappa shape index (κ1) is 20.3. The van der Waals surface area contributed by atoms with E-state index in [9.17, 15) is 9.59 Å². The Kier molecular flexibility index (Phi) is 7.84. The number of H-pyrrole nitrogens is 1. The maximum atomic E-state index is 12.6. The van der Waals surface area contributed by atoms with Crippen LogP contribution >= 0.6 is 0 Å². The molecule has 4 atom stereocenters. The fraction of sp³-hybridized carbons (Fsp3) is 0.850. The molecule has 0 aromatic carbocycles. The molecular weight excluding hydrogens is 372 g/mol. The number of esters is 1. The number of hydrogen-bond acceptors (Lipinski definition) is 7. The van der Waals surface area contributed by atoms with Gasteiger partial charge in [0.05, 0.1) is 7.98 Å². The van der Waals surface area contributed by atoms with Crippen LogP contribution in [0.3, 0.4) is 0 Å². The molecule has 9 heteroatoms. The molecule has 0 spiro atoms. The van der Waals surface area contributed by atoms with Crippen molar-refractivity contribution in [3.63, 3.8) is 0 Å². The number of nitrogens with one attached hydrogen (secondary N) is 3. The van der Waals surface area contributed by atoms with E-state index in [0.717, 1.165) is 31.5 Å². The summed E-state index contributed by atoms with van der Waals surface area (Å²) in [5.74, 6) is 1.72. The topological polar surface area (TPSA) is 122 Å². The van der Waals surface area contributed by atoms with Gasteiger partial charge in [0.25, 0.3) is 0 Å². The molecular formula is C20H34N6O3. The lowest BCUT2D eigenvalue weighted by molar-refractivity contribution is -0.148. The number of carbonyl (C=O) groups excluding carboxylic acids is 2. The number of nitrogens with zero attached hydrogens (tertiary/aromatic N) is 3. The number of aromatic amines is 1. The maximum Gasteiger partial charge on any atom is 0.323 e. The number of rotatable bonds is 10. The minimum absolute atomic E-state index is 0.0203. The third-order valence-corrected chi connectivity index (χ3v) is 6.11. The van der Waals surface area contributed by atoms with E-state index in [1.807, 2.05) is 6.92 Å². The molecule has 2 fully saturated rings. The minimum atomic E-state index is -1.36. The second kappa shape index (κ2) is 11.2. The van der Waals surface area contributed by atoms with Crippen molar-refractivity contribution < 1.29 is 15.7 Å². The van der Waals surface area contributed by atoms with Crippen molar-refractivity contribution in [1.82, 2.24) is 31.3 Å². The number of hydrogen-bond donors (Lipinski definition) is 3. The Bertz CT molecular complexity index is 688. The van der Waals surface area contributed by atoms with Gasteiger partial charge in [-0.25, -0.2) is 0 Å². The molecule has 2 heterocycles. The van der Waals surface area contributed by atoms with Gasteiger partial charge in [-0.3, -0.25) is 9.59 Å². The normalized spacial score (nSPS) is 29.6. The molecule has 3 rings (SSSR count). The first-order valence-electron chi connectivity index (χ1n) is 11.4. The summed E-state index contributed by atoms with van der Waals surface area (Å²) in [5, 5.41) is 20.0. The van der Waals surface area contributed by atoms with Gasteiger partial charge in [-0.1, -0.05) is 11.6 Å². The summed E-state index contributed by atoms with van der Waals surface area (Å²) in [7, 11) is 0. The summed E-state index contributed by atoms with van der Waals surface area (Å²) >= 11 is 0. The Balaban J connectivity index is 1.40. The Labute approximate surface area is 173 Å². The highest BCUT2D eigenvalue weighted by atomic mass is 16.5. The number of piperidine rings is 1. The molecule has 162 valence electrons. The Morgan fingerprint density at radius 3 is 2.97 bits per heavy atom.